The molecule has 0 unspecified atom stereocenters. The van der Waals surface area contributed by atoms with E-state index in [0.717, 1.165) is 0 Å². The lowest BCUT2D eigenvalue weighted by Gasteiger charge is -2.26. The van der Waals surface area contributed by atoms with Gasteiger partial charge in [-0.2, -0.15) is 8.42 Å². The van der Waals surface area contributed by atoms with Crippen LogP contribution in [-0.4, -0.2) is 72.4 Å². The summed E-state index contributed by atoms with van der Waals surface area (Å²) >= 11 is 0. The Balaban J connectivity index is 4.95. The van der Waals surface area contributed by atoms with Crippen LogP contribution in [-0.2, 0) is 19.1 Å². The fourth-order valence-corrected chi connectivity index (χ4v) is 1.46. The average molecular weight is 259 g/mol. The molecule has 0 bridgehead atoms. The van der Waals surface area contributed by atoms with Crippen molar-refractivity contribution in [3.8, 4) is 0 Å². The minimum Gasteiger partial charge on any atom is -0.394 e. The van der Waals surface area contributed by atoms with E-state index in [4.69, 9.17) is 16.7 Å². The first-order valence-electron chi connectivity index (χ1n) is 4.80. The van der Waals surface area contributed by atoms with E-state index in [0.29, 0.717) is 0 Å². The Hall–Kier alpha value is -0.580. The smallest absolute Gasteiger partial charge is 0.264 e. The van der Waals surface area contributed by atoms with E-state index < -0.39 is 47.4 Å². The Labute approximate surface area is 93.6 Å². The molecule has 96 valence electrons. The molecule has 0 amide bonds. The molecule has 0 aromatic carbocycles. The van der Waals surface area contributed by atoms with Gasteiger partial charge in [0.15, 0.2) is 6.29 Å². The van der Waals surface area contributed by atoms with Crippen LogP contribution >= 0.6 is 0 Å². The van der Waals surface area contributed by atoms with Crippen molar-refractivity contribution >= 4 is 16.4 Å². The molecular weight excluding hydrogens is 244 g/mol. The molecule has 0 aliphatic rings. The van der Waals surface area contributed by atoms with Gasteiger partial charge in [0.1, 0.15) is 24.4 Å². The van der Waals surface area contributed by atoms with Crippen LogP contribution < -0.4 is 0 Å². The van der Waals surface area contributed by atoms with Crippen molar-refractivity contribution in [2.24, 2.45) is 0 Å². The number of hydrogen-bond acceptors (Lipinski definition) is 8. The summed E-state index contributed by atoms with van der Waals surface area (Å²) in [7, 11) is -4.37. The molecule has 0 radical (unpaired) electrons. The molecule has 0 aromatic heterocycles. The van der Waals surface area contributed by atoms with Crippen molar-refractivity contribution in [2.45, 2.75) is 24.4 Å². The second-order valence-corrected chi connectivity index (χ2v) is 4.29. The number of aldehydes is 1. The minimum absolute atomic E-state index is 0.0998. The lowest BCUT2D eigenvalue weighted by atomic mass is 10.0. The Bertz CT molecular complexity index is 331. The summed E-state index contributed by atoms with van der Waals surface area (Å²) in [6.45, 7) is -0.923. The highest BCUT2D eigenvalue weighted by molar-refractivity contribution is 7.86. The number of carbonyl (C=O) groups is 1. The van der Waals surface area contributed by atoms with E-state index in [2.05, 4.69) is 4.18 Å². The van der Waals surface area contributed by atoms with Crippen molar-refractivity contribution < 1.29 is 39.2 Å². The quantitative estimate of drug-likeness (QED) is 0.274. The fraction of sp³-hybridized carbons (Fsp3) is 0.857. The third kappa shape index (κ3) is 4.96. The Morgan fingerprint density at radius 2 is 2.00 bits per heavy atom. The minimum atomic E-state index is -4.37. The highest BCUT2D eigenvalue weighted by atomic mass is 32.2. The van der Waals surface area contributed by atoms with Gasteiger partial charge in [-0.05, 0) is 0 Å². The highest BCUT2D eigenvalue weighted by Gasteiger charge is 2.35. The fourth-order valence-electron chi connectivity index (χ4n) is 0.890. The van der Waals surface area contributed by atoms with Gasteiger partial charge >= 0.3 is 0 Å². The zero-order valence-corrected chi connectivity index (χ0v) is 8.95. The lowest BCUT2D eigenvalue weighted by Crippen LogP contribution is -2.48. The molecule has 4 N–H and O–H groups in total. The standard InChI is InChI=1S/C7H14O8S/c1-16(13,14)15-7(5(11)3-9)6(12)4(10)2-8/h3-8,10-12H,2H2,1H3/t4-,5+,6-,7-/m1/s1/i1D. The van der Waals surface area contributed by atoms with Gasteiger partial charge in [-0.15, -0.1) is 0 Å². The SMILES string of the molecule is [2H]CS(=O)(=O)O[C@@H]([C@H](O)[C@H](O)CO)[C@@H](O)C=O. The molecule has 0 aliphatic heterocycles. The molecule has 16 heavy (non-hydrogen) atoms. The summed E-state index contributed by atoms with van der Waals surface area (Å²) in [6.07, 6.45) is -9.08. The number of carbonyl (C=O) groups excluding carboxylic acids is 1. The third-order valence-electron chi connectivity index (χ3n) is 1.65. The van der Waals surface area contributed by atoms with Gasteiger partial charge in [0, 0.05) is 1.37 Å². The van der Waals surface area contributed by atoms with Gasteiger partial charge in [-0.3, -0.25) is 4.18 Å². The maximum absolute atomic E-state index is 11.0. The average Bonchev–Trinajstić information content (AvgIpc) is 2.33. The molecule has 0 spiro atoms. The first-order chi connectivity index (χ1) is 7.79. The number of aliphatic hydroxyl groups is 4. The van der Waals surface area contributed by atoms with Crippen molar-refractivity contribution in [2.75, 3.05) is 12.8 Å². The molecule has 4 atom stereocenters. The van der Waals surface area contributed by atoms with Crippen molar-refractivity contribution in [1.29, 1.82) is 0 Å². The maximum atomic E-state index is 11.0. The first-order valence-corrected chi connectivity index (χ1v) is 5.67. The van der Waals surface area contributed by atoms with Gasteiger partial charge in [0.05, 0.1) is 12.8 Å². The summed E-state index contributed by atoms with van der Waals surface area (Å²) < 4.78 is 32.7. The van der Waals surface area contributed by atoms with Crippen LogP contribution in [0.4, 0.5) is 0 Å². The van der Waals surface area contributed by atoms with E-state index in [-0.39, 0.29) is 6.29 Å². The number of rotatable bonds is 7. The normalized spacial score (nSPS) is 20.6. The summed E-state index contributed by atoms with van der Waals surface area (Å²) in [5.41, 5.74) is 0. The largest absolute Gasteiger partial charge is 0.394 e. The summed E-state index contributed by atoms with van der Waals surface area (Å²) in [6, 6.07) is 0. The van der Waals surface area contributed by atoms with E-state index >= 15 is 0 Å². The predicted octanol–water partition coefficient (Wildman–Crippen LogP) is -3.39. The van der Waals surface area contributed by atoms with E-state index in [1.54, 1.807) is 0 Å². The monoisotopic (exact) mass is 259 g/mol. The molecule has 8 nitrogen and oxygen atoms in total. The molecule has 0 rings (SSSR count). The molecule has 0 aromatic rings. The van der Waals surface area contributed by atoms with E-state index in [1.807, 2.05) is 0 Å². The zero-order valence-electron chi connectivity index (χ0n) is 9.13. The third-order valence-corrected chi connectivity index (χ3v) is 2.17. The van der Waals surface area contributed by atoms with Crippen LogP contribution in [0.25, 0.3) is 0 Å². The summed E-state index contributed by atoms with van der Waals surface area (Å²) in [5.74, 6) is 0. The van der Waals surface area contributed by atoms with Gasteiger partial charge in [0.25, 0.3) is 10.1 Å². The number of hydrogen-bond donors (Lipinski definition) is 4. The number of aliphatic hydroxyl groups excluding tert-OH is 4. The van der Waals surface area contributed by atoms with Crippen LogP contribution in [0.5, 0.6) is 0 Å². The molecule has 0 aliphatic carbocycles. The van der Waals surface area contributed by atoms with Crippen LogP contribution in [0.1, 0.15) is 1.37 Å². The van der Waals surface area contributed by atoms with Crippen molar-refractivity contribution in [3.05, 3.63) is 0 Å². The van der Waals surface area contributed by atoms with Crippen molar-refractivity contribution in [1.82, 2.24) is 0 Å². The lowest BCUT2D eigenvalue weighted by molar-refractivity contribution is -0.131. The van der Waals surface area contributed by atoms with Crippen LogP contribution in [0.3, 0.4) is 0 Å². The highest BCUT2D eigenvalue weighted by Crippen LogP contribution is 2.11. The molecule has 0 fully saturated rings. The Morgan fingerprint density at radius 1 is 1.44 bits per heavy atom. The van der Waals surface area contributed by atoms with Crippen LogP contribution in [0, 0.1) is 0 Å². The van der Waals surface area contributed by atoms with Gasteiger partial charge in [0.2, 0.25) is 0 Å². The summed E-state index contributed by atoms with van der Waals surface area (Å²) in [4.78, 5) is 10.3. The molecule has 0 heterocycles. The molecular formula is C7H14O8S. The predicted molar refractivity (Wildman–Crippen MR) is 50.9 cm³/mol. The van der Waals surface area contributed by atoms with Crippen LogP contribution in [0.2, 0.25) is 0 Å². The molecule has 9 heteroatoms. The second-order valence-electron chi connectivity index (χ2n) is 2.99. The topological polar surface area (TPSA) is 141 Å². The van der Waals surface area contributed by atoms with Crippen molar-refractivity contribution in [3.63, 3.8) is 0 Å². The van der Waals surface area contributed by atoms with E-state index in [1.165, 1.54) is 0 Å². The molecule has 0 saturated heterocycles. The first kappa shape index (κ1) is 13.5. The Kier molecular flexibility index (Phi) is 5.25. The van der Waals surface area contributed by atoms with Gasteiger partial charge in [-0.25, -0.2) is 0 Å². The van der Waals surface area contributed by atoms with Gasteiger partial charge in [-0.1, -0.05) is 0 Å². The zero-order chi connectivity index (χ0) is 13.6. The Morgan fingerprint density at radius 3 is 2.38 bits per heavy atom. The van der Waals surface area contributed by atoms with E-state index in [9.17, 15) is 18.3 Å². The summed E-state index contributed by atoms with van der Waals surface area (Å²) in [5, 5.41) is 36.1. The second kappa shape index (κ2) is 6.23. The maximum Gasteiger partial charge on any atom is 0.264 e. The van der Waals surface area contributed by atoms with Crippen LogP contribution in [0.15, 0.2) is 0 Å². The van der Waals surface area contributed by atoms with Gasteiger partial charge < -0.3 is 25.2 Å². The molecule has 0 saturated carbocycles.